The van der Waals surface area contributed by atoms with E-state index < -0.39 is 10.5 Å². The van der Waals surface area contributed by atoms with Gasteiger partial charge in [0.25, 0.3) is 11.6 Å². The second-order valence-corrected chi connectivity index (χ2v) is 5.49. The molecule has 114 valence electrons. The van der Waals surface area contributed by atoms with E-state index in [0.717, 1.165) is 12.8 Å². The molecule has 1 unspecified atom stereocenters. The third kappa shape index (κ3) is 3.91. The number of non-ortho nitro benzene ring substituents is 1. The van der Waals surface area contributed by atoms with Crippen molar-refractivity contribution in [2.24, 2.45) is 11.7 Å². The molecule has 0 heterocycles. The number of carbonyl (C=O) groups excluding carboxylic acids is 1. The lowest BCUT2D eigenvalue weighted by Crippen LogP contribution is -2.54. The Kier molecular flexibility index (Phi) is 4.42. The van der Waals surface area contributed by atoms with Gasteiger partial charge in [-0.1, -0.05) is 6.07 Å². The summed E-state index contributed by atoms with van der Waals surface area (Å²) in [5.41, 5.74) is 5.25. The van der Waals surface area contributed by atoms with Gasteiger partial charge < -0.3 is 15.8 Å². The maximum atomic E-state index is 11.9. The summed E-state index contributed by atoms with van der Waals surface area (Å²) < 4.78 is 5.29. The van der Waals surface area contributed by atoms with Gasteiger partial charge in [0.2, 0.25) is 0 Å². The summed E-state index contributed by atoms with van der Waals surface area (Å²) in [5.74, 6) is 0.436. The summed E-state index contributed by atoms with van der Waals surface area (Å²) in [6.45, 7) is 2.11. The lowest BCUT2D eigenvalue weighted by atomic mass is 9.96. The second kappa shape index (κ2) is 6.09. The summed E-state index contributed by atoms with van der Waals surface area (Å²) in [6.07, 6.45) is 2.14. The van der Waals surface area contributed by atoms with Crippen LogP contribution in [-0.2, 0) is 4.79 Å². The molecule has 0 bridgehead atoms. The Labute approximate surface area is 122 Å². The van der Waals surface area contributed by atoms with Crippen LogP contribution in [0.15, 0.2) is 24.3 Å². The number of rotatable bonds is 7. The molecule has 1 saturated carbocycles. The van der Waals surface area contributed by atoms with Crippen molar-refractivity contribution in [1.82, 2.24) is 5.32 Å². The Morgan fingerprint density at radius 1 is 1.57 bits per heavy atom. The van der Waals surface area contributed by atoms with E-state index in [-0.39, 0.29) is 18.2 Å². The number of carbonyl (C=O) groups is 1. The van der Waals surface area contributed by atoms with E-state index in [1.807, 2.05) is 6.92 Å². The fraction of sp³-hybridized carbons (Fsp3) is 0.500. The molecule has 0 radical (unpaired) electrons. The molecule has 0 aromatic heterocycles. The number of ether oxygens (including phenoxy) is 1. The quantitative estimate of drug-likeness (QED) is 0.580. The van der Waals surface area contributed by atoms with Gasteiger partial charge in [0.15, 0.2) is 6.61 Å². The number of amides is 1. The molecule has 1 atom stereocenters. The third-order valence-corrected chi connectivity index (χ3v) is 3.73. The van der Waals surface area contributed by atoms with Crippen LogP contribution in [0, 0.1) is 16.0 Å². The molecule has 7 heteroatoms. The summed E-state index contributed by atoms with van der Waals surface area (Å²) >= 11 is 0. The first kappa shape index (κ1) is 15.2. The molecular weight excluding hydrogens is 274 g/mol. The fourth-order valence-electron chi connectivity index (χ4n) is 2.23. The van der Waals surface area contributed by atoms with E-state index in [9.17, 15) is 14.9 Å². The zero-order valence-corrected chi connectivity index (χ0v) is 11.9. The molecule has 1 aliphatic rings. The molecule has 1 amide bonds. The van der Waals surface area contributed by atoms with E-state index in [2.05, 4.69) is 5.32 Å². The van der Waals surface area contributed by atoms with Gasteiger partial charge in [-0.25, -0.2) is 0 Å². The van der Waals surface area contributed by atoms with Crippen LogP contribution in [0.2, 0.25) is 0 Å². The number of benzene rings is 1. The smallest absolute Gasteiger partial charge is 0.273 e. The highest BCUT2D eigenvalue weighted by molar-refractivity contribution is 5.78. The highest BCUT2D eigenvalue weighted by Gasteiger charge is 2.41. The van der Waals surface area contributed by atoms with E-state index in [4.69, 9.17) is 10.5 Å². The van der Waals surface area contributed by atoms with Crippen molar-refractivity contribution in [3.63, 3.8) is 0 Å². The first-order valence-electron chi connectivity index (χ1n) is 6.83. The lowest BCUT2D eigenvalue weighted by Gasteiger charge is -2.29. The number of nitrogens with two attached hydrogens (primary N) is 1. The molecular formula is C14H19N3O4. The van der Waals surface area contributed by atoms with Crippen LogP contribution in [0.25, 0.3) is 0 Å². The summed E-state index contributed by atoms with van der Waals surface area (Å²) in [6, 6.07) is 5.74. The van der Waals surface area contributed by atoms with Crippen LogP contribution in [0.5, 0.6) is 5.75 Å². The Balaban J connectivity index is 1.89. The molecule has 1 aromatic carbocycles. The predicted molar refractivity (Wildman–Crippen MR) is 76.9 cm³/mol. The molecule has 1 aliphatic carbocycles. The van der Waals surface area contributed by atoms with Crippen molar-refractivity contribution in [1.29, 1.82) is 0 Å². The molecule has 1 aromatic rings. The minimum atomic E-state index is -0.508. The number of nitro benzene ring substituents is 1. The molecule has 0 spiro atoms. The van der Waals surface area contributed by atoms with Crippen molar-refractivity contribution in [3.8, 4) is 5.75 Å². The number of nitrogens with one attached hydrogen (secondary N) is 1. The summed E-state index contributed by atoms with van der Waals surface area (Å²) in [7, 11) is 0. The Bertz CT molecular complexity index is 545. The minimum Gasteiger partial charge on any atom is -0.484 e. The van der Waals surface area contributed by atoms with Crippen LogP contribution in [0.1, 0.15) is 19.8 Å². The zero-order chi connectivity index (χ0) is 15.5. The van der Waals surface area contributed by atoms with E-state index in [0.29, 0.717) is 18.2 Å². The SMILES string of the molecule is CC(CN)(NC(=O)COc1cccc([N+](=O)[O-])c1)C1CC1. The topological polar surface area (TPSA) is 107 Å². The zero-order valence-electron chi connectivity index (χ0n) is 11.9. The minimum absolute atomic E-state index is 0.0716. The standard InChI is InChI=1S/C14H19N3O4/c1-14(9-15,10-5-6-10)16-13(18)8-21-12-4-2-3-11(7-12)17(19)20/h2-4,7,10H,5-6,8-9,15H2,1H3,(H,16,18). The van der Waals surface area contributed by atoms with Crippen LogP contribution < -0.4 is 15.8 Å². The maximum Gasteiger partial charge on any atom is 0.273 e. The number of hydrogen-bond acceptors (Lipinski definition) is 5. The number of nitro groups is 1. The van der Waals surface area contributed by atoms with Gasteiger partial charge in [-0.15, -0.1) is 0 Å². The Morgan fingerprint density at radius 2 is 2.29 bits per heavy atom. The van der Waals surface area contributed by atoms with Gasteiger partial charge in [-0.2, -0.15) is 0 Å². The third-order valence-electron chi connectivity index (χ3n) is 3.73. The Hall–Kier alpha value is -2.15. The second-order valence-electron chi connectivity index (χ2n) is 5.49. The van der Waals surface area contributed by atoms with Crippen LogP contribution in [0.4, 0.5) is 5.69 Å². The van der Waals surface area contributed by atoms with Gasteiger partial charge in [-0.05, 0) is 31.7 Å². The van der Waals surface area contributed by atoms with Crippen LogP contribution >= 0.6 is 0 Å². The van der Waals surface area contributed by atoms with E-state index in [1.54, 1.807) is 6.07 Å². The van der Waals surface area contributed by atoms with Crippen molar-refractivity contribution in [2.45, 2.75) is 25.3 Å². The maximum absolute atomic E-state index is 11.9. The van der Waals surface area contributed by atoms with E-state index >= 15 is 0 Å². The molecule has 1 fully saturated rings. The van der Waals surface area contributed by atoms with E-state index in [1.165, 1.54) is 18.2 Å². The van der Waals surface area contributed by atoms with Gasteiger partial charge in [0.1, 0.15) is 5.75 Å². The first-order chi connectivity index (χ1) is 9.94. The van der Waals surface area contributed by atoms with Gasteiger partial charge in [0, 0.05) is 12.6 Å². The van der Waals surface area contributed by atoms with Crippen molar-refractivity contribution >= 4 is 11.6 Å². The van der Waals surface area contributed by atoms with Crippen LogP contribution in [0.3, 0.4) is 0 Å². The van der Waals surface area contributed by atoms with Gasteiger partial charge >= 0.3 is 0 Å². The lowest BCUT2D eigenvalue weighted by molar-refractivity contribution is -0.384. The van der Waals surface area contributed by atoms with Crippen molar-refractivity contribution in [2.75, 3.05) is 13.2 Å². The molecule has 7 nitrogen and oxygen atoms in total. The van der Waals surface area contributed by atoms with Gasteiger partial charge in [0.05, 0.1) is 16.5 Å². The average Bonchev–Trinajstić information content (AvgIpc) is 3.30. The number of nitrogens with zero attached hydrogens (tertiary/aromatic N) is 1. The molecule has 2 rings (SSSR count). The highest BCUT2D eigenvalue weighted by Crippen LogP contribution is 2.38. The largest absolute Gasteiger partial charge is 0.484 e. The van der Waals surface area contributed by atoms with Crippen molar-refractivity contribution in [3.05, 3.63) is 34.4 Å². The predicted octanol–water partition coefficient (Wildman–Crippen LogP) is 1.22. The molecule has 0 aliphatic heterocycles. The normalized spacial score (nSPS) is 16.9. The van der Waals surface area contributed by atoms with Crippen molar-refractivity contribution < 1.29 is 14.5 Å². The molecule has 3 N–H and O–H groups in total. The number of hydrogen-bond donors (Lipinski definition) is 2. The van der Waals surface area contributed by atoms with Crippen LogP contribution in [-0.4, -0.2) is 29.5 Å². The average molecular weight is 293 g/mol. The first-order valence-corrected chi connectivity index (χ1v) is 6.83. The molecule has 0 saturated heterocycles. The highest BCUT2D eigenvalue weighted by atomic mass is 16.6. The summed E-state index contributed by atoms with van der Waals surface area (Å²) in [4.78, 5) is 22.1. The monoisotopic (exact) mass is 293 g/mol. The molecule has 21 heavy (non-hydrogen) atoms. The fourth-order valence-corrected chi connectivity index (χ4v) is 2.23. The summed E-state index contributed by atoms with van der Waals surface area (Å²) in [5, 5.41) is 13.5. The Morgan fingerprint density at radius 3 is 2.86 bits per heavy atom. The van der Waals surface area contributed by atoms with Gasteiger partial charge in [-0.3, -0.25) is 14.9 Å².